The topological polar surface area (TPSA) is 107 Å². The summed E-state index contributed by atoms with van der Waals surface area (Å²) < 4.78 is 0. The normalized spacial score (nSPS) is 12.2. The molecule has 0 unspecified atom stereocenters. The molecule has 0 radical (unpaired) electrons. The molecule has 0 aromatic heterocycles. The van der Waals surface area contributed by atoms with Crippen molar-refractivity contribution in [1.82, 2.24) is 0 Å². The molecule has 178 valence electrons. The Labute approximate surface area is 207 Å². The molecule has 0 fully saturated rings. The highest BCUT2D eigenvalue weighted by molar-refractivity contribution is 6.52. The van der Waals surface area contributed by atoms with Crippen LogP contribution >= 0.6 is 0 Å². The van der Waals surface area contributed by atoms with Gasteiger partial charge in [0.25, 0.3) is 17.6 Å². The third kappa shape index (κ3) is 4.07. The number of anilines is 2. The maximum Gasteiger partial charge on any atom is 0.296 e. The molecule has 7 heteroatoms. The molecular formula is C29H22N2O5. The molecule has 5 rings (SSSR count). The lowest BCUT2D eigenvalue weighted by Crippen LogP contribution is -2.30. The van der Waals surface area contributed by atoms with Gasteiger partial charge in [-0.15, -0.1) is 0 Å². The fraction of sp³-hybridized carbons (Fsp3) is 0.0690. The first kappa shape index (κ1) is 22.9. The zero-order valence-corrected chi connectivity index (χ0v) is 19.4. The van der Waals surface area contributed by atoms with E-state index in [0.29, 0.717) is 16.9 Å². The molecule has 1 aliphatic heterocycles. The molecule has 2 amide bonds. The van der Waals surface area contributed by atoms with Crippen molar-refractivity contribution >= 4 is 29.0 Å². The number of rotatable bonds is 5. The molecule has 0 spiro atoms. The van der Waals surface area contributed by atoms with Gasteiger partial charge in [0.1, 0.15) is 11.5 Å². The van der Waals surface area contributed by atoms with Gasteiger partial charge in [-0.25, -0.2) is 0 Å². The summed E-state index contributed by atoms with van der Waals surface area (Å²) in [6.45, 7) is 2.12. The minimum Gasteiger partial charge on any atom is -0.508 e. The van der Waals surface area contributed by atoms with Crippen molar-refractivity contribution in [3.63, 3.8) is 0 Å². The molecule has 1 heterocycles. The zero-order chi connectivity index (χ0) is 25.4. The summed E-state index contributed by atoms with van der Waals surface area (Å²) in [7, 11) is 0. The standard InChI is InChI=1S/C29H22N2O5/c1-17-22(13-14-24-26(17)30-28(35)27(24)34)19-7-9-20(10-8-19)31(16-18-5-3-2-4-6-18)29(36)23-12-11-21(32)15-25(23)33/h2-15,32-33H,16H2,1H3,(H,30,34,35). The number of aromatic hydroxyl groups is 2. The van der Waals surface area contributed by atoms with Crippen LogP contribution in [-0.2, 0) is 11.3 Å². The van der Waals surface area contributed by atoms with E-state index in [-0.39, 0.29) is 23.6 Å². The van der Waals surface area contributed by atoms with E-state index in [2.05, 4.69) is 5.32 Å². The molecule has 0 saturated heterocycles. The summed E-state index contributed by atoms with van der Waals surface area (Å²) >= 11 is 0. The minimum absolute atomic E-state index is 0.0719. The van der Waals surface area contributed by atoms with Crippen LogP contribution in [0, 0.1) is 6.92 Å². The molecule has 0 saturated carbocycles. The third-order valence-corrected chi connectivity index (χ3v) is 6.28. The Kier molecular flexibility index (Phi) is 5.74. The van der Waals surface area contributed by atoms with E-state index in [1.807, 2.05) is 67.6 Å². The Hall–Kier alpha value is -4.91. The fourth-order valence-corrected chi connectivity index (χ4v) is 4.38. The Morgan fingerprint density at radius 3 is 2.25 bits per heavy atom. The summed E-state index contributed by atoms with van der Waals surface area (Å²) in [5.41, 5.74) is 4.97. The lowest BCUT2D eigenvalue weighted by molar-refractivity contribution is -0.112. The number of carbonyl (C=O) groups is 3. The number of benzene rings is 4. The Morgan fingerprint density at radius 2 is 1.56 bits per heavy atom. The highest BCUT2D eigenvalue weighted by Gasteiger charge is 2.30. The second-order valence-electron chi connectivity index (χ2n) is 8.57. The van der Waals surface area contributed by atoms with Gasteiger partial charge in [-0.05, 0) is 59.5 Å². The van der Waals surface area contributed by atoms with Crippen molar-refractivity contribution in [2.75, 3.05) is 10.2 Å². The Balaban J connectivity index is 1.51. The minimum atomic E-state index is -0.631. The van der Waals surface area contributed by atoms with Crippen LogP contribution in [0.2, 0.25) is 0 Å². The van der Waals surface area contributed by atoms with Crippen LogP contribution in [-0.4, -0.2) is 27.8 Å². The van der Waals surface area contributed by atoms with Gasteiger partial charge in [0.05, 0.1) is 23.4 Å². The summed E-state index contributed by atoms with van der Waals surface area (Å²) in [5, 5.41) is 22.6. The third-order valence-electron chi connectivity index (χ3n) is 6.28. The number of carbonyl (C=O) groups excluding carboxylic acids is 3. The molecule has 3 N–H and O–H groups in total. The van der Waals surface area contributed by atoms with Gasteiger partial charge < -0.3 is 20.4 Å². The maximum atomic E-state index is 13.5. The van der Waals surface area contributed by atoms with Crippen molar-refractivity contribution < 1.29 is 24.6 Å². The first-order valence-electron chi connectivity index (χ1n) is 11.3. The largest absolute Gasteiger partial charge is 0.508 e. The summed E-state index contributed by atoms with van der Waals surface area (Å²) in [4.78, 5) is 38.9. The smallest absolute Gasteiger partial charge is 0.296 e. The molecule has 0 bridgehead atoms. The van der Waals surface area contributed by atoms with Gasteiger partial charge >= 0.3 is 0 Å². The Morgan fingerprint density at radius 1 is 0.861 bits per heavy atom. The van der Waals surface area contributed by atoms with Crippen LogP contribution in [0.15, 0.2) is 84.9 Å². The monoisotopic (exact) mass is 478 g/mol. The van der Waals surface area contributed by atoms with Crippen LogP contribution in [0.4, 0.5) is 11.4 Å². The molecular weight excluding hydrogens is 456 g/mol. The van der Waals surface area contributed by atoms with Gasteiger partial charge in [-0.2, -0.15) is 0 Å². The number of nitrogens with zero attached hydrogens (tertiary/aromatic N) is 1. The van der Waals surface area contributed by atoms with Gasteiger partial charge in [-0.1, -0.05) is 48.5 Å². The lowest BCUT2D eigenvalue weighted by atomic mass is 9.96. The first-order valence-corrected chi connectivity index (χ1v) is 11.3. The molecule has 4 aromatic rings. The second kappa shape index (κ2) is 9.03. The average molecular weight is 479 g/mol. The summed E-state index contributed by atoms with van der Waals surface area (Å²) in [6, 6.07) is 24.2. The average Bonchev–Trinajstić information content (AvgIpc) is 3.17. The predicted molar refractivity (Wildman–Crippen MR) is 136 cm³/mol. The molecule has 7 nitrogen and oxygen atoms in total. The lowest BCUT2D eigenvalue weighted by Gasteiger charge is -2.24. The van der Waals surface area contributed by atoms with Crippen LogP contribution < -0.4 is 10.2 Å². The second-order valence-corrected chi connectivity index (χ2v) is 8.57. The fourth-order valence-electron chi connectivity index (χ4n) is 4.38. The molecule has 36 heavy (non-hydrogen) atoms. The SMILES string of the molecule is Cc1c(-c2ccc(N(Cc3ccccc3)C(=O)c3ccc(O)cc3O)cc2)ccc2c1NC(=O)C2=O. The number of Topliss-reactive ketones (excluding diaryl/α,β-unsaturated/α-hetero) is 1. The van der Waals surface area contributed by atoms with E-state index in [0.717, 1.165) is 28.3 Å². The number of hydrogen-bond acceptors (Lipinski definition) is 5. The number of phenols is 2. The number of hydrogen-bond donors (Lipinski definition) is 3. The summed E-state index contributed by atoms with van der Waals surface area (Å²) in [6.07, 6.45) is 0. The van der Waals surface area contributed by atoms with E-state index in [1.54, 1.807) is 11.0 Å². The van der Waals surface area contributed by atoms with Crippen LogP contribution in [0.1, 0.15) is 31.8 Å². The van der Waals surface area contributed by atoms with Gasteiger partial charge in [0, 0.05) is 11.8 Å². The highest BCUT2D eigenvalue weighted by atomic mass is 16.3. The van der Waals surface area contributed by atoms with Gasteiger partial charge in [0.15, 0.2) is 0 Å². The number of nitrogens with one attached hydrogen (secondary N) is 1. The van der Waals surface area contributed by atoms with E-state index in [4.69, 9.17) is 0 Å². The van der Waals surface area contributed by atoms with Crippen LogP contribution in [0.5, 0.6) is 11.5 Å². The number of phenolic OH excluding ortho intramolecular Hbond substituents is 2. The van der Waals surface area contributed by atoms with Crippen molar-refractivity contribution in [3.05, 3.63) is 107 Å². The highest BCUT2D eigenvalue weighted by Crippen LogP contribution is 2.36. The molecule has 0 aliphatic carbocycles. The molecule has 4 aromatic carbocycles. The van der Waals surface area contributed by atoms with Crippen molar-refractivity contribution in [2.45, 2.75) is 13.5 Å². The quantitative estimate of drug-likeness (QED) is 0.348. The number of ketones is 1. The number of amides is 2. The summed E-state index contributed by atoms with van der Waals surface area (Å²) in [5.74, 6) is -2.03. The number of fused-ring (bicyclic) bond motifs is 1. The van der Waals surface area contributed by atoms with Gasteiger partial charge in [0.2, 0.25) is 0 Å². The maximum absolute atomic E-state index is 13.5. The van der Waals surface area contributed by atoms with Crippen molar-refractivity contribution in [1.29, 1.82) is 0 Å². The van der Waals surface area contributed by atoms with Crippen LogP contribution in [0.3, 0.4) is 0 Å². The molecule has 0 atom stereocenters. The molecule has 1 aliphatic rings. The van der Waals surface area contributed by atoms with Gasteiger partial charge in [-0.3, -0.25) is 14.4 Å². The van der Waals surface area contributed by atoms with E-state index >= 15 is 0 Å². The van der Waals surface area contributed by atoms with E-state index in [9.17, 15) is 24.6 Å². The predicted octanol–water partition coefficient (Wildman–Crippen LogP) is 5.06. The zero-order valence-electron chi connectivity index (χ0n) is 19.4. The van der Waals surface area contributed by atoms with E-state index in [1.165, 1.54) is 12.1 Å². The Bertz CT molecular complexity index is 1510. The van der Waals surface area contributed by atoms with E-state index < -0.39 is 17.6 Å². The first-order chi connectivity index (χ1) is 17.3. The van der Waals surface area contributed by atoms with Crippen LogP contribution in [0.25, 0.3) is 11.1 Å². The van der Waals surface area contributed by atoms with Crippen molar-refractivity contribution in [2.24, 2.45) is 0 Å². The van der Waals surface area contributed by atoms with Crippen molar-refractivity contribution in [3.8, 4) is 22.6 Å².